The molecule has 3 rings (SSSR count). The molecule has 0 aliphatic heterocycles. The minimum atomic E-state index is 0.289. The topological polar surface area (TPSA) is 39.9 Å². The van der Waals surface area contributed by atoms with Crippen LogP contribution in [0.2, 0.25) is 5.28 Å². The van der Waals surface area contributed by atoms with Crippen molar-refractivity contribution in [3.8, 4) is 5.88 Å². The zero-order valence-electron chi connectivity index (χ0n) is 9.69. The first-order valence-corrected chi connectivity index (χ1v) is 6.25. The van der Waals surface area contributed by atoms with E-state index in [0.29, 0.717) is 6.04 Å². The molecule has 0 bridgehead atoms. The van der Waals surface area contributed by atoms with Gasteiger partial charge < -0.3 is 4.74 Å². The van der Waals surface area contributed by atoms with E-state index in [1.807, 2.05) is 6.07 Å². The molecule has 17 heavy (non-hydrogen) atoms. The summed E-state index contributed by atoms with van der Waals surface area (Å²) < 4.78 is 7.60. The van der Waals surface area contributed by atoms with Crippen molar-refractivity contribution in [2.24, 2.45) is 0 Å². The Morgan fingerprint density at radius 2 is 2.18 bits per heavy atom. The number of hydrogen-bond acceptors (Lipinski definition) is 3. The molecule has 0 unspecified atom stereocenters. The van der Waals surface area contributed by atoms with E-state index in [-0.39, 0.29) is 5.28 Å². The highest BCUT2D eigenvalue weighted by molar-refractivity contribution is 6.28. The number of hydrogen-bond donors (Lipinski definition) is 0. The summed E-state index contributed by atoms with van der Waals surface area (Å²) in [6, 6.07) is 2.46. The van der Waals surface area contributed by atoms with Crippen LogP contribution in [0, 0.1) is 0 Å². The molecule has 1 fully saturated rings. The molecule has 2 aromatic rings. The lowest BCUT2D eigenvalue weighted by molar-refractivity contribution is 0.354. The minimum absolute atomic E-state index is 0.289. The summed E-state index contributed by atoms with van der Waals surface area (Å²) in [6.45, 7) is 0. The summed E-state index contributed by atoms with van der Waals surface area (Å²) in [6.07, 6.45) is 6.65. The first-order chi connectivity index (χ1) is 8.29. The highest BCUT2D eigenvalue weighted by atomic mass is 35.5. The second-order valence-electron chi connectivity index (χ2n) is 4.41. The molecule has 0 N–H and O–H groups in total. The SMILES string of the molecule is COc1cc2cnc(Cl)nc2n1C1CCCC1. The number of methoxy groups -OCH3 is 1. The fourth-order valence-corrected chi connectivity index (χ4v) is 2.76. The summed E-state index contributed by atoms with van der Waals surface area (Å²) in [5, 5.41) is 1.27. The predicted molar refractivity (Wildman–Crippen MR) is 66.6 cm³/mol. The van der Waals surface area contributed by atoms with Crippen LogP contribution in [-0.4, -0.2) is 21.6 Å². The van der Waals surface area contributed by atoms with Crippen LogP contribution < -0.4 is 4.74 Å². The third-order valence-electron chi connectivity index (χ3n) is 3.41. The number of ether oxygens (including phenoxy) is 1. The van der Waals surface area contributed by atoms with Gasteiger partial charge in [-0.1, -0.05) is 12.8 Å². The van der Waals surface area contributed by atoms with Gasteiger partial charge in [-0.2, -0.15) is 4.98 Å². The minimum Gasteiger partial charge on any atom is -0.482 e. The Hall–Kier alpha value is -1.29. The summed E-state index contributed by atoms with van der Waals surface area (Å²) in [7, 11) is 1.69. The van der Waals surface area contributed by atoms with Gasteiger partial charge in [0.15, 0.2) is 5.88 Å². The average molecular weight is 252 g/mol. The highest BCUT2D eigenvalue weighted by Gasteiger charge is 2.23. The molecular formula is C12H14ClN3O. The molecule has 2 aromatic heterocycles. The molecule has 0 amide bonds. The third-order valence-corrected chi connectivity index (χ3v) is 3.59. The van der Waals surface area contributed by atoms with Gasteiger partial charge in [-0.15, -0.1) is 0 Å². The molecule has 0 spiro atoms. The number of fused-ring (bicyclic) bond motifs is 1. The van der Waals surface area contributed by atoms with Gasteiger partial charge in [0.2, 0.25) is 5.28 Å². The largest absolute Gasteiger partial charge is 0.482 e. The molecule has 4 nitrogen and oxygen atoms in total. The molecule has 1 aliphatic carbocycles. The first kappa shape index (κ1) is 10.8. The second kappa shape index (κ2) is 4.18. The summed E-state index contributed by atoms with van der Waals surface area (Å²) in [5.74, 6) is 0.850. The van der Waals surface area contributed by atoms with Gasteiger partial charge in [0, 0.05) is 23.7 Å². The lowest BCUT2D eigenvalue weighted by atomic mass is 10.2. The van der Waals surface area contributed by atoms with Gasteiger partial charge in [-0.3, -0.25) is 4.57 Å². The zero-order chi connectivity index (χ0) is 11.8. The number of rotatable bonds is 2. The maximum absolute atomic E-state index is 5.87. The van der Waals surface area contributed by atoms with Gasteiger partial charge in [0.05, 0.1) is 7.11 Å². The van der Waals surface area contributed by atoms with Crippen LogP contribution in [0.3, 0.4) is 0 Å². The fourth-order valence-electron chi connectivity index (χ4n) is 2.64. The summed E-state index contributed by atoms with van der Waals surface area (Å²) in [4.78, 5) is 8.33. The molecule has 1 saturated carbocycles. The van der Waals surface area contributed by atoms with Gasteiger partial charge in [0.1, 0.15) is 5.65 Å². The Kier molecular flexibility index (Phi) is 2.67. The number of halogens is 1. The van der Waals surface area contributed by atoms with Crippen LogP contribution in [0.5, 0.6) is 5.88 Å². The van der Waals surface area contributed by atoms with Crippen molar-refractivity contribution in [2.75, 3.05) is 7.11 Å². The molecule has 0 aromatic carbocycles. The second-order valence-corrected chi connectivity index (χ2v) is 4.75. The van der Waals surface area contributed by atoms with Crippen LogP contribution in [0.25, 0.3) is 11.0 Å². The van der Waals surface area contributed by atoms with Gasteiger partial charge in [-0.05, 0) is 24.4 Å². The van der Waals surface area contributed by atoms with Crippen LogP contribution in [0.1, 0.15) is 31.7 Å². The van der Waals surface area contributed by atoms with E-state index in [2.05, 4.69) is 14.5 Å². The third kappa shape index (κ3) is 1.76. The van der Waals surface area contributed by atoms with Crippen molar-refractivity contribution >= 4 is 22.6 Å². The lowest BCUT2D eigenvalue weighted by Crippen LogP contribution is -2.07. The van der Waals surface area contributed by atoms with E-state index < -0.39 is 0 Å². The maximum Gasteiger partial charge on any atom is 0.224 e. The van der Waals surface area contributed by atoms with Crippen molar-refractivity contribution in [1.82, 2.24) is 14.5 Å². The molecule has 0 radical (unpaired) electrons. The van der Waals surface area contributed by atoms with E-state index in [9.17, 15) is 0 Å². The van der Waals surface area contributed by atoms with Crippen molar-refractivity contribution < 1.29 is 4.74 Å². The molecule has 90 valence electrons. The van der Waals surface area contributed by atoms with Gasteiger partial charge in [-0.25, -0.2) is 4.98 Å². The quantitative estimate of drug-likeness (QED) is 0.770. The normalized spacial score (nSPS) is 16.8. The standard InChI is InChI=1S/C12H14ClN3O/c1-17-10-6-8-7-14-12(13)15-11(8)16(10)9-4-2-3-5-9/h6-7,9H,2-5H2,1H3. The van der Waals surface area contributed by atoms with E-state index in [4.69, 9.17) is 16.3 Å². The molecule has 1 aliphatic rings. The number of aromatic nitrogens is 3. The summed E-state index contributed by atoms with van der Waals surface area (Å²) >= 11 is 5.87. The molecule has 0 saturated heterocycles. The Morgan fingerprint density at radius 1 is 1.41 bits per heavy atom. The van der Waals surface area contributed by atoms with E-state index in [1.165, 1.54) is 25.7 Å². The van der Waals surface area contributed by atoms with E-state index >= 15 is 0 Å². The average Bonchev–Trinajstić information content (AvgIpc) is 2.93. The van der Waals surface area contributed by atoms with E-state index in [1.54, 1.807) is 13.3 Å². The molecule has 5 heteroatoms. The van der Waals surface area contributed by atoms with Crippen molar-refractivity contribution in [3.05, 3.63) is 17.5 Å². The fraction of sp³-hybridized carbons (Fsp3) is 0.500. The van der Waals surface area contributed by atoms with Crippen LogP contribution in [0.4, 0.5) is 0 Å². The monoisotopic (exact) mass is 251 g/mol. The summed E-state index contributed by atoms with van der Waals surface area (Å²) in [5.41, 5.74) is 0.883. The van der Waals surface area contributed by atoms with Crippen LogP contribution >= 0.6 is 11.6 Å². The zero-order valence-corrected chi connectivity index (χ0v) is 10.4. The van der Waals surface area contributed by atoms with Crippen molar-refractivity contribution in [2.45, 2.75) is 31.7 Å². The number of nitrogens with zero attached hydrogens (tertiary/aromatic N) is 3. The Balaban J connectivity index is 2.20. The molecule has 0 atom stereocenters. The van der Waals surface area contributed by atoms with Crippen molar-refractivity contribution in [1.29, 1.82) is 0 Å². The lowest BCUT2D eigenvalue weighted by Gasteiger charge is -2.15. The van der Waals surface area contributed by atoms with E-state index in [0.717, 1.165) is 16.9 Å². The Bertz CT molecular complexity index is 546. The predicted octanol–water partition coefficient (Wildman–Crippen LogP) is 3.21. The Labute approximate surface area is 105 Å². The van der Waals surface area contributed by atoms with Gasteiger partial charge >= 0.3 is 0 Å². The van der Waals surface area contributed by atoms with Gasteiger partial charge in [0.25, 0.3) is 0 Å². The molecule has 2 heterocycles. The smallest absolute Gasteiger partial charge is 0.224 e. The maximum atomic E-state index is 5.87. The van der Waals surface area contributed by atoms with Crippen LogP contribution in [-0.2, 0) is 0 Å². The first-order valence-electron chi connectivity index (χ1n) is 5.87. The Morgan fingerprint density at radius 3 is 2.88 bits per heavy atom. The van der Waals surface area contributed by atoms with Crippen LogP contribution in [0.15, 0.2) is 12.3 Å². The van der Waals surface area contributed by atoms with Crippen molar-refractivity contribution in [3.63, 3.8) is 0 Å². The molecular weight excluding hydrogens is 238 g/mol. The highest BCUT2D eigenvalue weighted by Crippen LogP contribution is 2.37.